The molecule has 2 N–H and O–H groups in total. The van der Waals surface area contributed by atoms with Gasteiger partial charge in [-0.15, -0.1) is 0 Å². The van der Waals surface area contributed by atoms with Crippen LogP contribution >= 0.6 is 0 Å². The number of hydrogen-bond donors (Lipinski definition) is 2. The number of carbonyl (C=O) groups is 1. The zero-order valence-corrected chi connectivity index (χ0v) is 8.27. The van der Waals surface area contributed by atoms with Crippen LogP contribution in [0, 0.1) is 0 Å². The van der Waals surface area contributed by atoms with Gasteiger partial charge in [-0.3, -0.25) is 4.79 Å². The Hall–Kier alpha value is -0.780. The van der Waals surface area contributed by atoms with Gasteiger partial charge in [0, 0.05) is 0 Å². The molecule has 0 unspecified atom stereocenters. The molecule has 0 aromatic rings. The molecular formula is C8H14F3NO2. The van der Waals surface area contributed by atoms with Gasteiger partial charge >= 0.3 is 12.1 Å². The largest absolute Gasteiger partial charge is 0.471 e. The van der Waals surface area contributed by atoms with Crippen LogP contribution in [-0.4, -0.2) is 28.8 Å². The summed E-state index contributed by atoms with van der Waals surface area (Å²) in [6.45, 7) is 4.27. The zero-order chi connectivity index (χ0) is 11.6. The summed E-state index contributed by atoms with van der Waals surface area (Å²) in [6, 6.07) is -0.906. The molecule has 14 heavy (non-hydrogen) atoms. The molecule has 0 spiro atoms. The van der Waals surface area contributed by atoms with Gasteiger partial charge in [-0.2, -0.15) is 13.2 Å². The number of nitrogens with one attached hydrogen (secondary N) is 1. The van der Waals surface area contributed by atoms with Crippen molar-refractivity contribution in [3.63, 3.8) is 0 Å². The van der Waals surface area contributed by atoms with Crippen molar-refractivity contribution in [3.8, 4) is 0 Å². The van der Waals surface area contributed by atoms with E-state index in [1.807, 2.05) is 0 Å². The van der Waals surface area contributed by atoms with Gasteiger partial charge in [0.2, 0.25) is 0 Å². The maximum absolute atomic E-state index is 11.8. The van der Waals surface area contributed by atoms with Crippen LogP contribution in [0.3, 0.4) is 0 Å². The van der Waals surface area contributed by atoms with Gasteiger partial charge in [0.25, 0.3) is 0 Å². The highest BCUT2D eigenvalue weighted by molar-refractivity contribution is 5.82. The Morgan fingerprint density at radius 2 is 1.86 bits per heavy atom. The lowest BCUT2D eigenvalue weighted by molar-refractivity contribution is -0.176. The smallest absolute Gasteiger partial charge is 0.388 e. The number of hydrogen-bond acceptors (Lipinski definition) is 2. The maximum atomic E-state index is 11.8. The van der Waals surface area contributed by atoms with Gasteiger partial charge in [-0.25, -0.2) is 0 Å². The molecule has 0 bridgehead atoms. The van der Waals surface area contributed by atoms with E-state index in [0.717, 1.165) is 0 Å². The molecule has 0 saturated carbocycles. The van der Waals surface area contributed by atoms with Crippen LogP contribution in [-0.2, 0) is 4.79 Å². The van der Waals surface area contributed by atoms with Gasteiger partial charge in [0.15, 0.2) is 0 Å². The lowest BCUT2D eigenvalue weighted by Gasteiger charge is -2.29. The Morgan fingerprint density at radius 1 is 1.43 bits per heavy atom. The minimum atomic E-state index is -4.90. The normalized spacial score (nSPS) is 15.1. The molecule has 0 aliphatic carbocycles. The Labute approximate surface area is 80.3 Å². The van der Waals surface area contributed by atoms with E-state index in [1.165, 1.54) is 13.8 Å². The summed E-state index contributed by atoms with van der Waals surface area (Å²) in [6.07, 6.45) is -4.68. The molecule has 6 heteroatoms. The number of aliphatic hydroxyl groups is 1. The van der Waals surface area contributed by atoms with Gasteiger partial charge < -0.3 is 10.4 Å². The predicted octanol–water partition coefficient (Wildman–Crippen LogP) is 1.21. The van der Waals surface area contributed by atoms with Crippen molar-refractivity contribution in [3.05, 3.63) is 0 Å². The fraction of sp³-hybridized carbons (Fsp3) is 0.875. The van der Waals surface area contributed by atoms with E-state index in [9.17, 15) is 23.1 Å². The van der Waals surface area contributed by atoms with Crippen molar-refractivity contribution >= 4 is 5.91 Å². The van der Waals surface area contributed by atoms with Crippen LogP contribution in [0.1, 0.15) is 27.2 Å². The first-order valence-electron chi connectivity index (χ1n) is 4.19. The van der Waals surface area contributed by atoms with Gasteiger partial charge in [-0.05, 0) is 20.3 Å². The van der Waals surface area contributed by atoms with Crippen molar-refractivity contribution in [1.29, 1.82) is 0 Å². The van der Waals surface area contributed by atoms with Crippen LogP contribution < -0.4 is 5.32 Å². The first kappa shape index (κ1) is 13.2. The second-order valence-corrected chi connectivity index (χ2v) is 3.59. The van der Waals surface area contributed by atoms with Crippen molar-refractivity contribution in [2.24, 2.45) is 0 Å². The first-order valence-corrected chi connectivity index (χ1v) is 4.19. The standard InChI is InChI=1S/C8H14F3NO2/c1-4-5(7(2,3)14)12-6(13)8(9,10)11/h5,14H,4H2,1-3H3,(H,12,13)/t5-/m0/s1. The lowest BCUT2D eigenvalue weighted by atomic mass is 9.96. The molecule has 0 aliphatic rings. The van der Waals surface area contributed by atoms with E-state index in [0.29, 0.717) is 0 Å². The van der Waals surface area contributed by atoms with Crippen LogP contribution in [0.4, 0.5) is 13.2 Å². The average Bonchev–Trinajstić information content (AvgIpc) is 1.95. The molecule has 1 amide bonds. The first-order chi connectivity index (χ1) is 6.09. The SMILES string of the molecule is CC[C@H](NC(=O)C(F)(F)F)C(C)(C)O. The second-order valence-electron chi connectivity index (χ2n) is 3.59. The van der Waals surface area contributed by atoms with Crippen molar-refractivity contribution in [2.75, 3.05) is 0 Å². The third kappa shape index (κ3) is 3.95. The number of alkyl halides is 3. The van der Waals surface area contributed by atoms with E-state index >= 15 is 0 Å². The van der Waals surface area contributed by atoms with E-state index in [1.54, 1.807) is 12.2 Å². The van der Waals surface area contributed by atoms with Crippen LogP contribution in [0.15, 0.2) is 0 Å². The molecule has 0 fully saturated rings. The van der Waals surface area contributed by atoms with Crippen molar-refractivity contribution in [1.82, 2.24) is 5.32 Å². The van der Waals surface area contributed by atoms with Crippen LogP contribution in [0.25, 0.3) is 0 Å². The summed E-state index contributed by atoms with van der Waals surface area (Å²) in [5.74, 6) is -2.02. The van der Waals surface area contributed by atoms with E-state index < -0.39 is 23.7 Å². The third-order valence-electron chi connectivity index (χ3n) is 1.82. The monoisotopic (exact) mass is 213 g/mol. The molecule has 84 valence electrons. The Bertz CT molecular complexity index is 208. The van der Waals surface area contributed by atoms with Gasteiger partial charge in [-0.1, -0.05) is 6.92 Å². The third-order valence-corrected chi connectivity index (χ3v) is 1.82. The minimum Gasteiger partial charge on any atom is -0.388 e. The second kappa shape index (κ2) is 4.16. The number of amides is 1. The summed E-state index contributed by atoms with van der Waals surface area (Å²) in [5.41, 5.74) is -1.37. The summed E-state index contributed by atoms with van der Waals surface area (Å²) < 4.78 is 35.5. The fourth-order valence-electron chi connectivity index (χ4n) is 1.02. The zero-order valence-electron chi connectivity index (χ0n) is 8.27. The van der Waals surface area contributed by atoms with Crippen molar-refractivity contribution in [2.45, 2.75) is 45.0 Å². The average molecular weight is 213 g/mol. The van der Waals surface area contributed by atoms with E-state index in [4.69, 9.17) is 0 Å². The predicted molar refractivity (Wildman–Crippen MR) is 44.6 cm³/mol. The molecule has 0 rings (SSSR count). The lowest BCUT2D eigenvalue weighted by Crippen LogP contribution is -2.52. The maximum Gasteiger partial charge on any atom is 0.471 e. The molecule has 0 saturated heterocycles. The van der Waals surface area contributed by atoms with E-state index in [-0.39, 0.29) is 6.42 Å². The Morgan fingerprint density at radius 3 is 2.07 bits per heavy atom. The Balaban J connectivity index is 4.43. The molecule has 1 atom stereocenters. The summed E-state index contributed by atoms with van der Waals surface area (Å²) in [7, 11) is 0. The summed E-state index contributed by atoms with van der Waals surface area (Å²) >= 11 is 0. The highest BCUT2D eigenvalue weighted by Gasteiger charge is 2.41. The summed E-state index contributed by atoms with van der Waals surface area (Å²) in [4.78, 5) is 10.5. The van der Waals surface area contributed by atoms with Gasteiger partial charge in [0.1, 0.15) is 0 Å². The molecule has 0 aromatic heterocycles. The van der Waals surface area contributed by atoms with Crippen LogP contribution in [0.5, 0.6) is 0 Å². The summed E-state index contributed by atoms with van der Waals surface area (Å²) in [5, 5.41) is 11.1. The van der Waals surface area contributed by atoms with E-state index in [2.05, 4.69) is 0 Å². The topological polar surface area (TPSA) is 49.3 Å². The number of carbonyl (C=O) groups excluding carboxylic acids is 1. The molecule has 0 aliphatic heterocycles. The molecule has 3 nitrogen and oxygen atoms in total. The highest BCUT2D eigenvalue weighted by atomic mass is 19.4. The molecule has 0 heterocycles. The molecule has 0 aromatic carbocycles. The number of halogens is 3. The Kier molecular flexibility index (Phi) is 3.93. The quantitative estimate of drug-likeness (QED) is 0.740. The molecular weight excluding hydrogens is 199 g/mol. The molecule has 0 radical (unpaired) electrons. The fourth-order valence-corrected chi connectivity index (χ4v) is 1.02. The number of rotatable bonds is 3. The van der Waals surface area contributed by atoms with Crippen LogP contribution in [0.2, 0.25) is 0 Å². The minimum absolute atomic E-state index is 0.228. The van der Waals surface area contributed by atoms with Gasteiger partial charge in [0.05, 0.1) is 11.6 Å². The van der Waals surface area contributed by atoms with Crippen molar-refractivity contribution < 1.29 is 23.1 Å². The highest BCUT2D eigenvalue weighted by Crippen LogP contribution is 2.18.